The van der Waals surface area contributed by atoms with Crippen LogP contribution >= 0.6 is 0 Å². The summed E-state index contributed by atoms with van der Waals surface area (Å²) < 4.78 is 12.5. The maximum Gasteiger partial charge on any atom is 0.331 e. The second-order valence-electron chi connectivity index (χ2n) is 20.0. The summed E-state index contributed by atoms with van der Waals surface area (Å²) in [7, 11) is 0. The SMILES string of the molecule is CC1(C)CC[C@]2(C(=O)O)CC[C@]3(COC(=O)/C=C/c4ccc(O)c(O)c4)C(=CC[C@@H]4[C@@]5(C)CC[C@H](OC(=O)/C=C/c6ccc(O)c(O)c6)C(C)(C)C5CC[C@]43C)[C@H]2C1. The monoisotopic (exact) mass is 796 g/mol. The number of carbonyl (C=O) groups excluding carboxylic acids is 2. The molecule has 312 valence electrons. The molecule has 8 atom stereocenters. The van der Waals surface area contributed by atoms with Crippen LogP contribution in [0.15, 0.2) is 60.2 Å². The van der Waals surface area contributed by atoms with Crippen LogP contribution in [0.3, 0.4) is 0 Å². The van der Waals surface area contributed by atoms with Crippen LogP contribution in [-0.2, 0) is 23.9 Å². The second-order valence-corrected chi connectivity index (χ2v) is 20.0. The summed E-state index contributed by atoms with van der Waals surface area (Å²) in [4.78, 5) is 40.1. The molecule has 5 N–H and O–H groups in total. The molecule has 0 aromatic heterocycles. The molecule has 0 bridgehead atoms. The van der Waals surface area contributed by atoms with E-state index in [9.17, 15) is 39.9 Å². The van der Waals surface area contributed by atoms with Gasteiger partial charge in [-0.05, 0) is 146 Å². The van der Waals surface area contributed by atoms with Gasteiger partial charge in [-0.2, -0.15) is 0 Å². The van der Waals surface area contributed by atoms with E-state index in [1.807, 2.05) is 0 Å². The Bertz CT molecular complexity index is 2080. The molecule has 10 heteroatoms. The number of carboxylic acids is 1. The predicted molar refractivity (Wildman–Crippen MR) is 219 cm³/mol. The molecule has 2 aromatic rings. The maximum absolute atomic E-state index is 13.6. The number of aliphatic carboxylic acids is 1. The lowest BCUT2D eigenvalue weighted by Crippen LogP contribution is -2.67. The molecular formula is C48H60O10. The summed E-state index contributed by atoms with van der Waals surface area (Å²) in [5, 5.41) is 50.2. The molecule has 0 heterocycles. The number of hydrogen-bond donors (Lipinski definition) is 5. The molecule has 5 aliphatic carbocycles. The van der Waals surface area contributed by atoms with Crippen LogP contribution in [0.4, 0.5) is 0 Å². The standard InChI is InChI=1S/C48H60O10/c1-43(2)21-22-47(42(55)56)23-24-48(28-57-40(53)15-9-29-7-12-33(49)35(51)25-29)31(32(47)27-43)11-14-38-45(5)19-18-39(44(3,4)37(45)17-20-46(38,48)6)58-41(54)16-10-30-8-13-34(50)36(52)26-30/h7-13,15-16,25-26,32,37-39,49-52H,14,17-24,27-28H2,1-6H3,(H,55,56)/b15-9+,16-10+/t32-,37?,38-,39+,45+,46-,47+,48+/m1/s1. The highest BCUT2D eigenvalue weighted by molar-refractivity contribution is 5.88. The number of carbonyl (C=O) groups is 3. The fourth-order valence-corrected chi connectivity index (χ4v) is 13.0. The highest BCUT2D eigenvalue weighted by atomic mass is 16.5. The van der Waals surface area contributed by atoms with E-state index in [1.165, 1.54) is 36.4 Å². The van der Waals surface area contributed by atoms with Gasteiger partial charge in [0.05, 0.1) is 5.41 Å². The molecule has 4 fully saturated rings. The van der Waals surface area contributed by atoms with E-state index < -0.39 is 28.7 Å². The molecular weight excluding hydrogens is 737 g/mol. The summed E-state index contributed by atoms with van der Waals surface area (Å²) >= 11 is 0. The minimum absolute atomic E-state index is 0.0368. The largest absolute Gasteiger partial charge is 0.504 e. The minimum atomic E-state index is -0.860. The zero-order valence-electron chi connectivity index (χ0n) is 34.7. The van der Waals surface area contributed by atoms with Crippen LogP contribution in [0.25, 0.3) is 12.2 Å². The summed E-state index contributed by atoms with van der Waals surface area (Å²) in [5.74, 6) is -2.50. The minimum Gasteiger partial charge on any atom is -0.504 e. The number of phenolic OH excluding ortho intramolecular Hbond substituents is 4. The van der Waals surface area contributed by atoms with Crippen molar-refractivity contribution in [3.63, 3.8) is 0 Å². The van der Waals surface area contributed by atoms with Crippen LogP contribution in [0.5, 0.6) is 23.0 Å². The van der Waals surface area contributed by atoms with Gasteiger partial charge in [0.15, 0.2) is 23.0 Å². The fourth-order valence-electron chi connectivity index (χ4n) is 13.0. The first-order valence-corrected chi connectivity index (χ1v) is 20.9. The van der Waals surface area contributed by atoms with Gasteiger partial charge in [0.1, 0.15) is 12.7 Å². The van der Waals surface area contributed by atoms with Gasteiger partial charge in [-0.1, -0.05) is 65.3 Å². The number of ether oxygens (including phenoxy) is 2. The van der Waals surface area contributed by atoms with Crippen LogP contribution in [0, 0.1) is 50.2 Å². The van der Waals surface area contributed by atoms with E-state index in [2.05, 4.69) is 47.6 Å². The number of hydrogen-bond acceptors (Lipinski definition) is 9. The Hall–Kier alpha value is -4.73. The van der Waals surface area contributed by atoms with Crippen LogP contribution < -0.4 is 0 Å². The molecule has 4 saturated carbocycles. The highest BCUT2D eigenvalue weighted by Crippen LogP contribution is 2.76. The van der Waals surface area contributed by atoms with Crippen molar-refractivity contribution in [2.75, 3.05) is 6.61 Å². The van der Waals surface area contributed by atoms with E-state index in [0.29, 0.717) is 36.8 Å². The smallest absolute Gasteiger partial charge is 0.331 e. The molecule has 10 nitrogen and oxygen atoms in total. The van der Waals surface area contributed by atoms with Crippen molar-refractivity contribution in [3.05, 3.63) is 71.3 Å². The van der Waals surface area contributed by atoms with Crippen LogP contribution in [-0.4, -0.2) is 56.2 Å². The Labute approximate surface area is 341 Å². The van der Waals surface area contributed by atoms with Crippen molar-refractivity contribution in [2.24, 2.45) is 50.2 Å². The topological polar surface area (TPSA) is 171 Å². The van der Waals surface area contributed by atoms with Crippen molar-refractivity contribution in [3.8, 4) is 23.0 Å². The van der Waals surface area contributed by atoms with Gasteiger partial charge < -0.3 is 35.0 Å². The van der Waals surface area contributed by atoms with Gasteiger partial charge in [-0.25, -0.2) is 9.59 Å². The molecule has 0 saturated heterocycles. The number of benzene rings is 2. The molecule has 5 aliphatic rings. The molecule has 0 amide bonds. The third-order valence-electron chi connectivity index (χ3n) is 16.2. The van der Waals surface area contributed by atoms with Gasteiger partial charge >= 0.3 is 17.9 Å². The van der Waals surface area contributed by atoms with Crippen LogP contribution in [0.1, 0.15) is 117 Å². The maximum atomic E-state index is 13.6. The lowest BCUT2D eigenvalue weighted by atomic mass is 9.33. The van der Waals surface area contributed by atoms with E-state index in [4.69, 9.17) is 9.47 Å². The van der Waals surface area contributed by atoms with Crippen molar-refractivity contribution in [2.45, 2.75) is 112 Å². The van der Waals surface area contributed by atoms with Gasteiger partial charge in [0.25, 0.3) is 0 Å². The number of fused-ring (bicyclic) bond motifs is 7. The van der Waals surface area contributed by atoms with Gasteiger partial charge in [-0.15, -0.1) is 0 Å². The van der Waals surface area contributed by atoms with Crippen LogP contribution in [0.2, 0.25) is 0 Å². The first kappa shape index (κ1) is 41.4. The Balaban J connectivity index is 1.19. The Morgan fingerprint density at radius 2 is 1.33 bits per heavy atom. The quantitative estimate of drug-likeness (QED) is 0.0750. The van der Waals surface area contributed by atoms with Crippen molar-refractivity contribution in [1.29, 1.82) is 0 Å². The van der Waals surface area contributed by atoms with E-state index in [0.717, 1.165) is 44.1 Å². The zero-order valence-corrected chi connectivity index (χ0v) is 34.7. The van der Waals surface area contributed by atoms with E-state index in [1.54, 1.807) is 24.3 Å². The third-order valence-corrected chi connectivity index (χ3v) is 16.2. The van der Waals surface area contributed by atoms with Gasteiger partial charge in [0, 0.05) is 23.0 Å². The molecule has 0 aliphatic heterocycles. The Morgan fingerprint density at radius 1 is 0.724 bits per heavy atom. The number of rotatable bonds is 8. The Morgan fingerprint density at radius 3 is 1.93 bits per heavy atom. The normalized spacial score (nSPS) is 34.8. The highest BCUT2D eigenvalue weighted by Gasteiger charge is 2.71. The summed E-state index contributed by atoms with van der Waals surface area (Å²) in [5.41, 5.74) is -0.0470. The number of allylic oxidation sites excluding steroid dienone is 1. The molecule has 0 radical (unpaired) electrons. The molecule has 58 heavy (non-hydrogen) atoms. The molecule has 0 spiro atoms. The third kappa shape index (κ3) is 6.78. The van der Waals surface area contributed by atoms with Gasteiger partial charge in [0.2, 0.25) is 0 Å². The summed E-state index contributed by atoms with van der Waals surface area (Å²) in [6.07, 6.45) is 15.3. The molecule has 2 aromatic carbocycles. The van der Waals surface area contributed by atoms with Crippen molar-refractivity contribution in [1.82, 2.24) is 0 Å². The first-order valence-electron chi connectivity index (χ1n) is 20.9. The summed E-state index contributed by atoms with van der Waals surface area (Å²) in [6.45, 7) is 13.8. The van der Waals surface area contributed by atoms with Crippen molar-refractivity contribution >= 4 is 30.1 Å². The van der Waals surface area contributed by atoms with E-state index >= 15 is 0 Å². The average molecular weight is 797 g/mol. The number of esters is 2. The second kappa shape index (κ2) is 14.5. The lowest BCUT2D eigenvalue weighted by Gasteiger charge is -2.71. The van der Waals surface area contributed by atoms with Gasteiger partial charge in [-0.3, -0.25) is 4.79 Å². The number of aromatic hydroxyl groups is 4. The number of carboxylic acid groups (broad SMARTS) is 1. The summed E-state index contributed by atoms with van der Waals surface area (Å²) in [6, 6.07) is 8.70. The van der Waals surface area contributed by atoms with Crippen molar-refractivity contribution < 1.29 is 49.4 Å². The first-order chi connectivity index (χ1) is 27.2. The predicted octanol–water partition coefficient (Wildman–Crippen LogP) is 9.56. The zero-order chi connectivity index (χ0) is 42.1. The lowest BCUT2D eigenvalue weighted by molar-refractivity contribution is -0.221. The molecule has 1 unspecified atom stereocenters. The van der Waals surface area contributed by atoms with E-state index in [-0.39, 0.29) is 75.1 Å². The fraction of sp³-hybridized carbons (Fsp3) is 0.562. The average Bonchev–Trinajstić information content (AvgIpc) is 3.15. The molecule has 7 rings (SSSR count). The number of phenols is 4. The Kier molecular flexibility index (Phi) is 10.4.